The van der Waals surface area contributed by atoms with Crippen molar-refractivity contribution in [1.82, 2.24) is 0 Å². The number of carbonyl (C=O) groups excluding carboxylic acids is 1. The fourth-order valence-electron chi connectivity index (χ4n) is 2.78. The Hall–Kier alpha value is -1.71. The molecule has 4 heteroatoms. The average molecular weight is 276 g/mol. The lowest BCUT2D eigenvalue weighted by Gasteiger charge is -2.37. The molecule has 1 aliphatic heterocycles. The number of para-hydroxylation sites is 1. The van der Waals surface area contributed by atoms with Gasteiger partial charge < -0.3 is 15.4 Å². The van der Waals surface area contributed by atoms with Crippen molar-refractivity contribution in [2.75, 3.05) is 18.1 Å². The van der Waals surface area contributed by atoms with E-state index < -0.39 is 0 Å². The zero-order chi connectivity index (χ0) is 14.5. The molecule has 1 aliphatic rings. The minimum absolute atomic E-state index is 0.389. The van der Waals surface area contributed by atoms with Crippen molar-refractivity contribution in [3.05, 3.63) is 23.8 Å². The number of primary amides is 1. The molecule has 20 heavy (non-hydrogen) atoms. The molecule has 1 fully saturated rings. The molecule has 0 bridgehead atoms. The van der Waals surface area contributed by atoms with E-state index in [2.05, 4.69) is 18.7 Å². The number of rotatable bonds is 5. The van der Waals surface area contributed by atoms with Gasteiger partial charge in [-0.3, -0.25) is 4.79 Å². The van der Waals surface area contributed by atoms with Gasteiger partial charge in [0, 0.05) is 12.6 Å². The quantitative estimate of drug-likeness (QED) is 0.899. The zero-order valence-electron chi connectivity index (χ0n) is 12.4. The summed E-state index contributed by atoms with van der Waals surface area (Å²) in [6.07, 6.45) is 4.46. The van der Waals surface area contributed by atoms with Gasteiger partial charge in [0.25, 0.3) is 5.91 Å². The number of amides is 1. The molecule has 0 spiro atoms. The Bertz CT molecular complexity index is 474. The normalized spacial score (nSPS) is 18.9. The summed E-state index contributed by atoms with van der Waals surface area (Å²) < 4.78 is 5.83. The van der Waals surface area contributed by atoms with Crippen LogP contribution in [-0.2, 0) is 0 Å². The van der Waals surface area contributed by atoms with E-state index in [0.717, 1.165) is 37.2 Å². The van der Waals surface area contributed by atoms with Crippen LogP contribution in [0.5, 0.6) is 5.75 Å². The standard InChI is InChI=1S/C16H24N2O2/c1-3-11-20-14-9-6-8-13(16(17)19)15(14)18-10-5-4-7-12(18)2/h6,8-9,12H,3-5,7,10-11H2,1-2H3,(H2,17,19). The second-order valence-corrected chi connectivity index (χ2v) is 5.40. The summed E-state index contributed by atoms with van der Waals surface area (Å²) in [5, 5.41) is 0. The Morgan fingerprint density at radius 2 is 2.25 bits per heavy atom. The van der Waals surface area contributed by atoms with Gasteiger partial charge in [0.1, 0.15) is 5.75 Å². The Labute approximate surface area is 120 Å². The van der Waals surface area contributed by atoms with Gasteiger partial charge >= 0.3 is 0 Å². The number of hydrogen-bond acceptors (Lipinski definition) is 3. The first kappa shape index (κ1) is 14.7. The summed E-state index contributed by atoms with van der Waals surface area (Å²) in [6.45, 7) is 5.87. The lowest BCUT2D eigenvalue weighted by atomic mass is 10.0. The van der Waals surface area contributed by atoms with E-state index >= 15 is 0 Å². The highest BCUT2D eigenvalue weighted by atomic mass is 16.5. The molecule has 1 amide bonds. The van der Waals surface area contributed by atoms with Crippen LogP contribution in [0.25, 0.3) is 0 Å². The fourth-order valence-corrected chi connectivity index (χ4v) is 2.78. The summed E-state index contributed by atoms with van der Waals surface area (Å²) in [7, 11) is 0. The third kappa shape index (κ3) is 3.06. The third-order valence-electron chi connectivity index (χ3n) is 3.82. The van der Waals surface area contributed by atoms with E-state index in [1.807, 2.05) is 12.1 Å². The lowest BCUT2D eigenvalue weighted by molar-refractivity contribution is 0.1000. The van der Waals surface area contributed by atoms with Gasteiger partial charge in [-0.2, -0.15) is 0 Å². The molecule has 4 nitrogen and oxygen atoms in total. The summed E-state index contributed by atoms with van der Waals surface area (Å²) in [5.74, 6) is 0.386. The van der Waals surface area contributed by atoms with Crippen LogP contribution in [0.2, 0.25) is 0 Å². The number of nitrogens with two attached hydrogens (primary N) is 1. The molecule has 1 saturated heterocycles. The van der Waals surface area contributed by atoms with E-state index in [0.29, 0.717) is 18.2 Å². The highest BCUT2D eigenvalue weighted by Gasteiger charge is 2.25. The Kier molecular flexibility index (Phi) is 4.88. The summed E-state index contributed by atoms with van der Waals surface area (Å²) >= 11 is 0. The molecule has 1 heterocycles. The maximum Gasteiger partial charge on any atom is 0.250 e. The number of piperidine rings is 1. The van der Waals surface area contributed by atoms with Crippen molar-refractivity contribution in [3.63, 3.8) is 0 Å². The molecule has 1 aromatic carbocycles. The Morgan fingerprint density at radius 1 is 1.45 bits per heavy atom. The first-order valence-corrected chi connectivity index (χ1v) is 7.47. The van der Waals surface area contributed by atoms with Gasteiger partial charge in [-0.05, 0) is 44.7 Å². The highest BCUT2D eigenvalue weighted by Crippen LogP contribution is 2.36. The van der Waals surface area contributed by atoms with Crippen molar-refractivity contribution in [2.45, 2.75) is 45.6 Å². The lowest BCUT2D eigenvalue weighted by Crippen LogP contribution is -2.39. The number of carbonyl (C=O) groups is 1. The molecule has 1 unspecified atom stereocenters. The Balaban J connectivity index is 2.42. The first-order valence-electron chi connectivity index (χ1n) is 7.47. The molecule has 1 atom stereocenters. The molecule has 0 radical (unpaired) electrons. The van der Waals surface area contributed by atoms with Gasteiger partial charge in [-0.1, -0.05) is 13.0 Å². The van der Waals surface area contributed by atoms with Gasteiger partial charge in [0.2, 0.25) is 0 Å². The summed E-state index contributed by atoms with van der Waals surface area (Å²) in [4.78, 5) is 14.0. The molecule has 0 saturated carbocycles. The van der Waals surface area contributed by atoms with E-state index in [9.17, 15) is 4.79 Å². The number of hydrogen-bond donors (Lipinski definition) is 1. The van der Waals surface area contributed by atoms with Crippen LogP contribution in [0, 0.1) is 0 Å². The van der Waals surface area contributed by atoms with Gasteiger partial charge in [-0.15, -0.1) is 0 Å². The predicted molar refractivity (Wildman–Crippen MR) is 81.4 cm³/mol. The molecule has 1 aromatic rings. The number of benzene rings is 1. The largest absolute Gasteiger partial charge is 0.491 e. The number of anilines is 1. The average Bonchev–Trinajstić information content (AvgIpc) is 2.45. The second-order valence-electron chi connectivity index (χ2n) is 5.40. The molecule has 2 rings (SSSR count). The topological polar surface area (TPSA) is 55.6 Å². The van der Waals surface area contributed by atoms with Crippen LogP contribution in [0.3, 0.4) is 0 Å². The predicted octanol–water partition coefficient (Wildman–Crippen LogP) is 2.95. The summed E-state index contributed by atoms with van der Waals surface area (Å²) in [5.41, 5.74) is 6.98. The monoisotopic (exact) mass is 276 g/mol. The van der Waals surface area contributed by atoms with E-state index in [-0.39, 0.29) is 5.91 Å². The molecule has 2 N–H and O–H groups in total. The van der Waals surface area contributed by atoms with Crippen LogP contribution in [0.15, 0.2) is 18.2 Å². The van der Waals surface area contributed by atoms with Crippen LogP contribution in [0.1, 0.15) is 49.9 Å². The zero-order valence-corrected chi connectivity index (χ0v) is 12.4. The highest BCUT2D eigenvalue weighted by molar-refractivity contribution is 6.00. The second kappa shape index (κ2) is 6.64. The molecular weight excluding hydrogens is 252 g/mol. The van der Waals surface area contributed by atoms with Gasteiger partial charge in [0.15, 0.2) is 0 Å². The molecule has 110 valence electrons. The minimum Gasteiger partial charge on any atom is -0.491 e. The third-order valence-corrected chi connectivity index (χ3v) is 3.82. The van der Waals surface area contributed by atoms with E-state index in [1.165, 1.54) is 6.42 Å². The van der Waals surface area contributed by atoms with Crippen LogP contribution in [0.4, 0.5) is 5.69 Å². The van der Waals surface area contributed by atoms with Crippen LogP contribution >= 0.6 is 0 Å². The fraction of sp³-hybridized carbons (Fsp3) is 0.562. The first-order chi connectivity index (χ1) is 9.65. The van der Waals surface area contributed by atoms with Crippen LogP contribution in [-0.4, -0.2) is 25.1 Å². The van der Waals surface area contributed by atoms with E-state index in [1.54, 1.807) is 6.07 Å². The number of ether oxygens (including phenoxy) is 1. The van der Waals surface area contributed by atoms with E-state index in [4.69, 9.17) is 10.5 Å². The van der Waals surface area contributed by atoms with Crippen LogP contribution < -0.4 is 15.4 Å². The minimum atomic E-state index is -0.389. The van der Waals surface area contributed by atoms with Crippen molar-refractivity contribution in [2.24, 2.45) is 5.73 Å². The Morgan fingerprint density at radius 3 is 2.90 bits per heavy atom. The van der Waals surface area contributed by atoms with Crippen molar-refractivity contribution in [3.8, 4) is 5.75 Å². The van der Waals surface area contributed by atoms with Gasteiger partial charge in [-0.25, -0.2) is 0 Å². The molecular formula is C16H24N2O2. The SMILES string of the molecule is CCCOc1cccc(C(N)=O)c1N1CCCCC1C. The maximum atomic E-state index is 11.7. The number of nitrogens with zero attached hydrogens (tertiary/aromatic N) is 1. The molecule has 0 aromatic heterocycles. The summed E-state index contributed by atoms with van der Waals surface area (Å²) in [6, 6.07) is 5.97. The van der Waals surface area contributed by atoms with Crippen molar-refractivity contribution >= 4 is 11.6 Å². The molecule has 0 aliphatic carbocycles. The van der Waals surface area contributed by atoms with Crippen molar-refractivity contribution in [1.29, 1.82) is 0 Å². The van der Waals surface area contributed by atoms with Crippen molar-refractivity contribution < 1.29 is 9.53 Å². The van der Waals surface area contributed by atoms with Gasteiger partial charge in [0.05, 0.1) is 17.9 Å². The smallest absolute Gasteiger partial charge is 0.250 e. The maximum absolute atomic E-state index is 11.7.